The molecule has 5 nitrogen and oxygen atoms in total. The lowest BCUT2D eigenvalue weighted by atomic mass is 10.1. The Morgan fingerprint density at radius 3 is 2.21 bits per heavy atom. The number of alkyl halides is 3. The van der Waals surface area contributed by atoms with Crippen molar-refractivity contribution >= 4 is 27.5 Å². The van der Waals surface area contributed by atoms with Gasteiger partial charge in [-0.05, 0) is 37.6 Å². The number of nitrogens with one attached hydrogen (secondary N) is 2. The maximum absolute atomic E-state index is 13.1. The maximum Gasteiger partial charge on any atom is 0.417 e. The molecule has 0 fully saturated rings. The molecule has 0 radical (unpaired) electrons. The minimum Gasteiger partial charge on any atom is -0.348 e. The SMILES string of the molecule is CC(NC(=O)[C@H](C)NS(=O)(=O)c1ccccc1C(F)(F)F)c1ccccc1Cl. The summed E-state index contributed by atoms with van der Waals surface area (Å²) in [7, 11) is -4.58. The molecule has 1 unspecified atom stereocenters. The zero-order chi connectivity index (χ0) is 21.1. The third-order valence-corrected chi connectivity index (χ3v) is 5.88. The lowest BCUT2D eigenvalue weighted by molar-refractivity contribution is -0.139. The van der Waals surface area contributed by atoms with Gasteiger partial charge >= 0.3 is 6.18 Å². The molecule has 1 amide bonds. The molecule has 0 heterocycles. The van der Waals surface area contributed by atoms with Gasteiger partial charge < -0.3 is 5.32 Å². The Labute approximate surface area is 166 Å². The molecule has 0 saturated heterocycles. The van der Waals surface area contributed by atoms with Crippen molar-refractivity contribution in [1.82, 2.24) is 10.0 Å². The minimum atomic E-state index is -4.85. The van der Waals surface area contributed by atoms with Crippen molar-refractivity contribution in [1.29, 1.82) is 0 Å². The lowest BCUT2D eigenvalue weighted by Crippen LogP contribution is -2.45. The molecule has 0 spiro atoms. The molecular weight excluding hydrogens is 417 g/mol. The Morgan fingerprint density at radius 1 is 1.04 bits per heavy atom. The van der Waals surface area contributed by atoms with E-state index in [0.717, 1.165) is 12.1 Å². The number of halogens is 4. The van der Waals surface area contributed by atoms with E-state index in [0.29, 0.717) is 16.7 Å². The van der Waals surface area contributed by atoms with Crippen molar-refractivity contribution in [3.8, 4) is 0 Å². The first-order valence-electron chi connectivity index (χ1n) is 8.17. The van der Waals surface area contributed by atoms with Crippen molar-refractivity contribution in [3.63, 3.8) is 0 Å². The summed E-state index contributed by atoms with van der Waals surface area (Å²) in [5.41, 5.74) is -0.686. The largest absolute Gasteiger partial charge is 0.417 e. The maximum atomic E-state index is 13.1. The van der Waals surface area contributed by atoms with Gasteiger partial charge in [-0.15, -0.1) is 0 Å². The number of amides is 1. The van der Waals surface area contributed by atoms with Gasteiger partial charge in [0.15, 0.2) is 0 Å². The van der Waals surface area contributed by atoms with E-state index in [-0.39, 0.29) is 0 Å². The van der Waals surface area contributed by atoms with Gasteiger partial charge in [0.05, 0.1) is 22.5 Å². The summed E-state index contributed by atoms with van der Waals surface area (Å²) in [4.78, 5) is 11.4. The van der Waals surface area contributed by atoms with Crippen molar-refractivity contribution in [2.75, 3.05) is 0 Å². The molecule has 2 aromatic rings. The Morgan fingerprint density at radius 2 is 1.61 bits per heavy atom. The van der Waals surface area contributed by atoms with E-state index in [2.05, 4.69) is 5.32 Å². The van der Waals surface area contributed by atoms with Gasteiger partial charge in [-0.1, -0.05) is 41.9 Å². The molecule has 2 aromatic carbocycles. The molecule has 10 heteroatoms. The molecule has 28 heavy (non-hydrogen) atoms. The Kier molecular flexibility index (Phi) is 6.74. The summed E-state index contributed by atoms with van der Waals surface area (Å²) in [6.07, 6.45) is -4.85. The van der Waals surface area contributed by atoms with E-state index in [1.807, 2.05) is 4.72 Å². The highest BCUT2D eigenvalue weighted by molar-refractivity contribution is 7.89. The summed E-state index contributed by atoms with van der Waals surface area (Å²) < 4.78 is 66.1. The molecule has 0 saturated carbocycles. The first-order valence-corrected chi connectivity index (χ1v) is 10.0. The Bertz CT molecular complexity index is 965. The zero-order valence-corrected chi connectivity index (χ0v) is 16.5. The molecule has 0 bridgehead atoms. The van der Waals surface area contributed by atoms with Crippen LogP contribution in [0.25, 0.3) is 0 Å². The van der Waals surface area contributed by atoms with Gasteiger partial charge in [0, 0.05) is 5.02 Å². The van der Waals surface area contributed by atoms with Crippen molar-refractivity contribution in [2.24, 2.45) is 0 Å². The van der Waals surface area contributed by atoms with Crippen LogP contribution in [-0.2, 0) is 21.0 Å². The van der Waals surface area contributed by atoms with E-state index < -0.39 is 44.6 Å². The lowest BCUT2D eigenvalue weighted by Gasteiger charge is -2.20. The molecular formula is C18H18ClF3N2O3S. The summed E-state index contributed by atoms with van der Waals surface area (Å²) in [6, 6.07) is 8.70. The van der Waals surface area contributed by atoms with Crippen LogP contribution in [0.4, 0.5) is 13.2 Å². The van der Waals surface area contributed by atoms with Gasteiger partial charge in [0.2, 0.25) is 15.9 Å². The standard InChI is InChI=1S/C18H18ClF3N2O3S/c1-11(13-7-3-5-9-15(13)19)23-17(25)12(2)24-28(26,27)16-10-6-4-8-14(16)18(20,21)22/h3-12,24H,1-2H3,(H,23,25)/t11?,12-/m0/s1. The number of hydrogen-bond donors (Lipinski definition) is 2. The third-order valence-electron chi connectivity index (χ3n) is 3.94. The van der Waals surface area contributed by atoms with Crippen LogP contribution in [0.5, 0.6) is 0 Å². The highest BCUT2D eigenvalue weighted by atomic mass is 35.5. The highest BCUT2D eigenvalue weighted by Gasteiger charge is 2.37. The first-order chi connectivity index (χ1) is 12.9. The van der Waals surface area contributed by atoms with E-state index >= 15 is 0 Å². The molecule has 2 rings (SSSR count). The fourth-order valence-electron chi connectivity index (χ4n) is 2.53. The van der Waals surface area contributed by atoms with Crippen LogP contribution in [-0.4, -0.2) is 20.4 Å². The predicted octanol–water partition coefficient (Wildman–Crippen LogP) is 3.90. The van der Waals surface area contributed by atoms with Crippen LogP contribution in [0.3, 0.4) is 0 Å². The minimum absolute atomic E-state index is 0.419. The summed E-state index contributed by atoms with van der Waals surface area (Å²) in [5.74, 6) is -0.708. The van der Waals surface area contributed by atoms with Gasteiger partial charge in [-0.25, -0.2) is 8.42 Å². The number of rotatable bonds is 6. The molecule has 2 atom stereocenters. The van der Waals surface area contributed by atoms with Crippen LogP contribution in [0, 0.1) is 0 Å². The highest BCUT2D eigenvalue weighted by Crippen LogP contribution is 2.34. The fraction of sp³-hybridized carbons (Fsp3) is 0.278. The van der Waals surface area contributed by atoms with E-state index in [9.17, 15) is 26.4 Å². The zero-order valence-electron chi connectivity index (χ0n) is 14.9. The van der Waals surface area contributed by atoms with Crippen LogP contribution in [0.15, 0.2) is 53.4 Å². The Balaban J connectivity index is 2.17. The summed E-state index contributed by atoms with van der Waals surface area (Å²) >= 11 is 6.06. The number of carbonyl (C=O) groups is 1. The second-order valence-corrected chi connectivity index (χ2v) is 8.18. The molecule has 2 N–H and O–H groups in total. The van der Waals surface area contributed by atoms with Crippen LogP contribution >= 0.6 is 11.6 Å². The van der Waals surface area contributed by atoms with Gasteiger partial charge in [-0.3, -0.25) is 4.79 Å². The number of hydrogen-bond acceptors (Lipinski definition) is 3. The monoisotopic (exact) mass is 434 g/mol. The second-order valence-electron chi connectivity index (χ2n) is 6.09. The summed E-state index contributed by atoms with van der Waals surface area (Å²) in [6.45, 7) is 2.89. The van der Waals surface area contributed by atoms with E-state index in [1.54, 1.807) is 31.2 Å². The van der Waals surface area contributed by atoms with Crippen molar-refractivity contribution in [2.45, 2.75) is 37.0 Å². The average Bonchev–Trinajstić information content (AvgIpc) is 2.60. The molecule has 0 aliphatic carbocycles. The van der Waals surface area contributed by atoms with Crippen LogP contribution in [0.2, 0.25) is 5.02 Å². The third kappa shape index (κ3) is 5.24. The van der Waals surface area contributed by atoms with Gasteiger partial charge in [0.1, 0.15) is 0 Å². The Hall–Kier alpha value is -2.10. The first kappa shape index (κ1) is 22.2. The van der Waals surface area contributed by atoms with Crippen LogP contribution in [0.1, 0.15) is 31.0 Å². The van der Waals surface area contributed by atoms with Crippen molar-refractivity contribution < 1.29 is 26.4 Å². The quantitative estimate of drug-likeness (QED) is 0.724. The van der Waals surface area contributed by atoms with E-state index in [1.165, 1.54) is 13.0 Å². The van der Waals surface area contributed by atoms with Gasteiger partial charge in [0.25, 0.3) is 0 Å². The second kappa shape index (κ2) is 8.50. The number of carbonyl (C=O) groups excluding carboxylic acids is 1. The molecule has 0 aliphatic rings. The summed E-state index contributed by atoms with van der Waals surface area (Å²) in [5, 5.41) is 3.00. The van der Waals surface area contributed by atoms with Crippen molar-refractivity contribution in [3.05, 3.63) is 64.7 Å². The smallest absolute Gasteiger partial charge is 0.348 e. The van der Waals surface area contributed by atoms with E-state index in [4.69, 9.17) is 11.6 Å². The number of sulfonamides is 1. The number of benzene rings is 2. The molecule has 0 aromatic heterocycles. The molecule has 152 valence electrons. The fourth-order valence-corrected chi connectivity index (χ4v) is 4.26. The predicted molar refractivity (Wildman–Crippen MR) is 99.2 cm³/mol. The topological polar surface area (TPSA) is 75.3 Å². The average molecular weight is 435 g/mol. The van der Waals surface area contributed by atoms with Crippen LogP contribution < -0.4 is 10.0 Å². The molecule has 0 aliphatic heterocycles. The van der Waals surface area contributed by atoms with Gasteiger partial charge in [-0.2, -0.15) is 17.9 Å². The normalized spacial score (nSPS) is 14.4.